The number of carbonyl (C=O) groups is 1. The number of unbranched alkanes of at least 4 members (excludes halogenated alkanes) is 14. The number of nitrogens with zero attached hydrogens (tertiary/aromatic N) is 2. The van der Waals surface area contributed by atoms with E-state index in [1.54, 1.807) is 0 Å². The minimum Gasteiger partial charge on any atom is -0.378 e. The van der Waals surface area contributed by atoms with Crippen molar-refractivity contribution in [3.63, 3.8) is 0 Å². The summed E-state index contributed by atoms with van der Waals surface area (Å²) in [5.74, 6) is 0.293. The number of hydrogen-bond acceptors (Lipinski definition) is 4. The van der Waals surface area contributed by atoms with E-state index >= 15 is 0 Å². The average Bonchev–Trinajstić information content (AvgIpc) is 3.09. The summed E-state index contributed by atoms with van der Waals surface area (Å²) in [7, 11) is 0. The first-order valence-electron chi connectivity index (χ1n) is 18.9. The molecule has 2 aromatic carbocycles. The topological polar surface area (TPSA) is 32.8 Å². The Hall–Kier alpha value is -2.17. The Morgan fingerprint density at radius 1 is 0.667 bits per heavy atom. The molecule has 1 aliphatic rings. The molecule has 45 heavy (non-hydrogen) atoms. The van der Waals surface area contributed by atoms with Gasteiger partial charge in [-0.1, -0.05) is 141 Å². The van der Waals surface area contributed by atoms with E-state index in [1.807, 2.05) is 0 Å². The molecule has 0 N–H and O–H groups in total. The molecule has 1 saturated heterocycles. The minimum absolute atomic E-state index is 0.293. The summed E-state index contributed by atoms with van der Waals surface area (Å²) >= 11 is 0. The van der Waals surface area contributed by atoms with Crippen LogP contribution in [0.1, 0.15) is 146 Å². The molecule has 0 aliphatic carbocycles. The summed E-state index contributed by atoms with van der Waals surface area (Å²) in [5.41, 5.74) is 2.76. The van der Waals surface area contributed by atoms with Gasteiger partial charge >= 0.3 is 0 Å². The Morgan fingerprint density at radius 3 is 1.64 bits per heavy atom. The molecule has 0 aromatic heterocycles. The Bertz CT molecular complexity index is 998. The van der Waals surface area contributed by atoms with E-state index in [1.165, 1.54) is 114 Å². The van der Waals surface area contributed by atoms with Gasteiger partial charge in [-0.05, 0) is 68.6 Å². The number of anilines is 1. The van der Waals surface area contributed by atoms with E-state index in [2.05, 4.69) is 85.2 Å². The highest BCUT2D eigenvalue weighted by atomic mass is 16.5. The molecule has 0 bridgehead atoms. The van der Waals surface area contributed by atoms with Crippen LogP contribution in [0.4, 0.5) is 5.69 Å². The van der Waals surface area contributed by atoms with Crippen LogP contribution in [0.25, 0.3) is 0 Å². The van der Waals surface area contributed by atoms with Crippen molar-refractivity contribution in [3.8, 4) is 0 Å². The third-order valence-corrected chi connectivity index (χ3v) is 10.0. The van der Waals surface area contributed by atoms with Crippen molar-refractivity contribution < 1.29 is 9.53 Å². The Kier molecular flexibility index (Phi) is 18.5. The highest BCUT2D eigenvalue weighted by Gasteiger charge is 2.42. The van der Waals surface area contributed by atoms with Crippen LogP contribution in [-0.2, 0) is 11.2 Å². The fraction of sp³-hybridized carbons (Fsp3) is 0.683. The van der Waals surface area contributed by atoms with Gasteiger partial charge in [0.2, 0.25) is 0 Å². The third kappa shape index (κ3) is 12.9. The number of morpholine rings is 1. The number of ether oxygens (including phenoxy) is 1. The monoisotopic (exact) mass is 619 g/mol. The lowest BCUT2D eigenvalue weighted by molar-refractivity contribution is 0.0495. The van der Waals surface area contributed by atoms with Gasteiger partial charge in [-0.15, -0.1) is 0 Å². The largest absolute Gasteiger partial charge is 0.378 e. The van der Waals surface area contributed by atoms with Crippen LogP contribution < -0.4 is 4.90 Å². The van der Waals surface area contributed by atoms with Crippen molar-refractivity contribution in [1.29, 1.82) is 0 Å². The molecular weight excluding hydrogens is 552 g/mol. The van der Waals surface area contributed by atoms with Gasteiger partial charge in [0, 0.05) is 24.3 Å². The van der Waals surface area contributed by atoms with Crippen molar-refractivity contribution >= 4 is 11.5 Å². The van der Waals surface area contributed by atoms with E-state index < -0.39 is 5.54 Å². The maximum absolute atomic E-state index is 14.8. The molecule has 4 nitrogen and oxygen atoms in total. The Morgan fingerprint density at radius 2 is 1.16 bits per heavy atom. The molecule has 0 spiro atoms. The number of benzene rings is 2. The van der Waals surface area contributed by atoms with Crippen molar-refractivity contribution in [2.75, 3.05) is 44.3 Å². The molecule has 4 heteroatoms. The van der Waals surface area contributed by atoms with Gasteiger partial charge < -0.3 is 9.64 Å². The van der Waals surface area contributed by atoms with Gasteiger partial charge in [0.25, 0.3) is 0 Å². The molecule has 2 aromatic rings. The number of rotatable bonds is 25. The van der Waals surface area contributed by atoms with Crippen LogP contribution in [0, 0.1) is 0 Å². The predicted molar refractivity (Wildman–Crippen MR) is 194 cm³/mol. The van der Waals surface area contributed by atoms with E-state index in [4.69, 9.17) is 4.74 Å². The molecule has 1 aliphatic heterocycles. The first-order chi connectivity index (χ1) is 22.1. The molecule has 1 atom stereocenters. The zero-order valence-electron chi connectivity index (χ0n) is 29.4. The number of ketones is 1. The van der Waals surface area contributed by atoms with Gasteiger partial charge in [0.05, 0.1) is 18.8 Å². The summed E-state index contributed by atoms with van der Waals surface area (Å²) < 4.78 is 5.56. The normalized spacial score (nSPS) is 15.0. The first kappa shape index (κ1) is 37.3. The van der Waals surface area contributed by atoms with Crippen LogP contribution in [0.5, 0.6) is 0 Å². The summed E-state index contributed by atoms with van der Waals surface area (Å²) in [6.07, 6.45) is 22.5. The SMILES string of the molecule is CCCCCCCCCCN(CCCCCCCCCC)C(CC)(Cc1ccccc1)C(=O)c1ccc(N2CCOCC2)cc1. The van der Waals surface area contributed by atoms with Gasteiger partial charge in [0.15, 0.2) is 5.78 Å². The van der Waals surface area contributed by atoms with Crippen LogP contribution >= 0.6 is 0 Å². The number of carbonyl (C=O) groups excluding carboxylic acids is 1. The van der Waals surface area contributed by atoms with Crippen molar-refractivity contribution in [2.45, 2.75) is 142 Å². The standard InChI is InChI=1S/C41H66N2O2/c1-4-7-9-11-13-15-17-22-30-43(31-23-18-16-14-12-10-8-5-2)41(6-3,36-37-24-20-19-21-25-37)40(44)38-26-28-39(29-27-38)42-32-34-45-35-33-42/h19-21,24-29H,4-18,22-23,30-36H2,1-3H3. The number of Topliss-reactive ketones (excluding diaryl/α,β-unsaturated/α-hetero) is 1. The summed E-state index contributed by atoms with van der Waals surface area (Å²) in [4.78, 5) is 19.8. The lowest BCUT2D eigenvalue weighted by Crippen LogP contribution is -2.56. The molecular formula is C41H66N2O2. The van der Waals surface area contributed by atoms with E-state index in [0.717, 1.165) is 57.8 Å². The molecule has 1 fully saturated rings. The fourth-order valence-corrected chi connectivity index (χ4v) is 7.11. The van der Waals surface area contributed by atoms with Crippen molar-refractivity contribution in [2.24, 2.45) is 0 Å². The zero-order chi connectivity index (χ0) is 32.0. The Labute approximate surface area is 277 Å². The molecule has 1 unspecified atom stereocenters. The average molecular weight is 619 g/mol. The molecule has 0 saturated carbocycles. The maximum atomic E-state index is 14.8. The first-order valence-corrected chi connectivity index (χ1v) is 18.9. The lowest BCUT2D eigenvalue weighted by Gasteiger charge is -2.43. The van der Waals surface area contributed by atoms with E-state index in [0.29, 0.717) is 5.78 Å². The van der Waals surface area contributed by atoms with Crippen LogP contribution in [0.15, 0.2) is 54.6 Å². The molecule has 0 radical (unpaired) electrons. The highest BCUT2D eigenvalue weighted by molar-refractivity contribution is 6.03. The molecule has 252 valence electrons. The smallest absolute Gasteiger partial charge is 0.183 e. The zero-order valence-corrected chi connectivity index (χ0v) is 29.4. The van der Waals surface area contributed by atoms with Gasteiger partial charge in [-0.3, -0.25) is 9.69 Å². The highest BCUT2D eigenvalue weighted by Crippen LogP contribution is 2.32. The van der Waals surface area contributed by atoms with Gasteiger partial charge in [-0.25, -0.2) is 0 Å². The second-order valence-corrected chi connectivity index (χ2v) is 13.5. The molecule has 0 amide bonds. The summed E-state index contributed by atoms with van der Waals surface area (Å²) in [6.45, 7) is 12.2. The molecule has 1 heterocycles. The van der Waals surface area contributed by atoms with Gasteiger partial charge in [-0.2, -0.15) is 0 Å². The minimum atomic E-state index is -0.538. The molecule has 3 rings (SSSR count). The van der Waals surface area contributed by atoms with Crippen LogP contribution in [0.3, 0.4) is 0 Å². The van der Waals surface area contributed by atoms with Crippen molar-refractivity contribution in [3.05, 3.63) is 65.7 Å². The predicted octanol–water partition coefficient (Wildman–Crippen LogP) is 10.7. The van der Waals surface area contributed by atoms with Crippen LogP contribution in [0.2, 0.25) is 0 Å². The van der Waals surface area contributed by atoms with Gasteiger partial charge in [0.1, 0.15) is 0 Å². The fourth-order valence-electron chi connectivity index (χ4n) is 7.11. The maximum Gasteiger partial charge on any atom is 0.183 e. The van der Waals surface area contributed by atoms with Crippen molar-refractivity contribution in [1.82, 2.24) is 4.90 Å². The lowest BCUT2D eigenvalue weighted by atomic mass is 9.79. The number of hydrogen-bond donors (Lipinski definition) is 0. The Balaban J connectivity index is 1.78. The van der Waals surface area contributed by atoms with Crippen LogP contribution in [-0.4, -0.2) is 55.6 Å². The third-order valence-electron chi connectivity index (χ3n) is 10.0. The second-order valence-electron chi connectivity index (χ2n) is 13.5. The summed E-state index contributed by atoms with van der Waals surface area (Å²) in [6, 6.07) is 19.3. The quantitative estimate of drug-likeness (QED) is 0.0819. The van der Waals surface area contributed by atoms with E-state index in [-0.39, 0.29) is 0 Å². The van der Waals surface area contributed by atoms with E-state index in [9.17, 15) is 4.79 Å². The second kappa shape index (κ2) is 22.4. The summed E-state index contributed by atoms with van der Waals surface area (Å²) in [5, 5.41) is 0.